The zero-order valence-corrected chi connectivity index (χ0v) is 11.9. The van der Waals surface area contributed by atoms with E-state index in [0.29, 0.717) is 5.69 Å². The van der Waals surface area contributed by atoms with Gasteiger partial charge in [-0.25, -0.2) is 4.98 Å². The first-order chi connectivity index (χ1) is 9.41. The van der Waals surface area contributed by atoms with Crippen LogP contribution < -0.4 is 5.56 Å². The minimum atomic E-state index is -0.943. The van der Waals surface area contributed by atoms with E-state index in [4.69, 9.17) is 0 Å². The van der Waals surface area contributed by atoms with E-state index in [1.807, 2.05) is 0 Å². The summed E-state index contributed by atoms with van der Waals surface area (Å²) in [6.07, 6.45) is 1.28. The molecule has 0 radical (unpaired) electrons. The van der Waals surface area contributed by atoms with Crippen LogP contribution in [0, 0.1) is 22.9 Å². The van der Waals surface area contributed by atoms with E-state index in [0.717, 1.165) is 6.07 Å². The van der Waals surface area contributed by atoms with Gasteiger partial charge in [0.25, 0.3) is 5.56 Å². The molecule has 0 aliphatic heterocycles. The second-order valence-electron chi connectivity index (χ2n) is 4.08. The maximum absolute atomic E-state index is 13.9. The zero-order valence-electron chi connectivity index (χ0n) is 10.3. The van der Waals surface area contributed by atoms with Gasteiger partial charge < -0.3 is 0 Å². The third-order valence-electron chi connectivity index (χ3n) is 2.75. The Morgan fingerprint density at radius 3 is 2.85 bits per heavy atom. The van der Waals surface area contributed by atoms with Crippen LogP contribution in [-0.4, -0.2) is 14.5 Å². The molecule has 1 heterocycles. The average molecular weight is 342 g/mol. The van der Waals surface area contributed by atoms with Crippen molar-refractivity contribution in [2.45, 2.75) is 13.5 Å². The Morgan fingerprint density at radius 1 is 1.50 bits per heavy atom. The van der Waals surface area contributed by atoms with Crippen LogP contribution in [-0.2, 0) is 6.54 Å². The maximum Gasteiger partial charge on any atom is 0.305 e. The Kier molecular flexibility index (Phi) is 3.93. The summed E-state index contributed by atoms with van der Waals surface area (Å²) in [6, 6.07) is 3.84. The lowest BCUT2D eigenvalue weighted by Gasteiger charge is -2.08. The molecule has 8 heteroatoms. The normalized spacial score (nSPS) is 10.6. The number of aryl methyl sites for hydroxylation is 1. The molecule has 0 amide bonds. The summed E-state index contributed by atoms with van der Waals surface area (Å²) in [5.74, 6) is -0.943. The molecular weight excluding hydrogens is 333 g/mol. The standard InChI is InChI=1S/C12H9BrFN3O3/c1-7-10(13)12(18)16(6-15-7)5-8-3-2-4-9(11(8)14)17(19)20/h2-4,6H,5H2,1H3. The number of benzene rings is 1. The average Bonchev–Trinajstić information content (AvgIpc) is 2.41. The molecule has 0 saturated heterocycles. The number of nitro groups is 1. The monoisotopic (exact) mass is 341 g/mol. The Hall–Kier alpha value is -2.09. The van der Waals surface area contributed by atoms with E-state index in [2.05, 4.69) is 20.9 Å². The van der Waals surface area contributed by atoms with E-state index in [-0.39, 0.29) is 22.1 Å². The summed E-state index contributed by atoms with van der Waals surface area (Å²) in [4.78, 5) is 25.8. The lowest BCUT2D eigenvalue weighted by atomic mass is 10.2. The molecule has 6 nitrogen and oxygen atoms in total. The quantitative estimate of drug-likeness (QED) is 0.634. The molecule has 20 heavy (non-hydrogen) atoms. The van der Waals surface area contributed by atoms with Crippen molar-refractivity contribution in [2.24, 2.45) is 0 Å². The van der Waals surface area contributed by atoms with Gasteiger partial charge in [-0.3, -0.25) is 19.5 Å². The van der Waals surface area contributed by atoms with Gasteiger partial charge in [-0.1, -0.05) is 12.1 Å². The largest absolute Gasteiger partial charge is 0.305 e. The highest BCUT2D eigenvalue weighted by Crippen LogP contribution is 2.20. The minimum absolute atomic E-state index is 0.0545. The van der Waals surface area contributed by atoms with Gasteiger partial charge in [-0.2, -0.15) is 4.39 Å². The Labute approximate surface area is 121 Å². The smallest absolute Gasteiger partial charge is 0.294 e. The minimum Gasteiger partial charge on any atom is -0.294 e. The lowest BCUT2D eigenvalue weighted by molar-refractivity contribution is -0.387. The van der Waals surface area contributed by atoms with Crippen molar-refractivity contribution < 1.29 is 9.31 Å². The molecule has 0 atom stereocenters. The molecule has 104 valence electrons. The fraction of sp³-hybridized carbons (Fsp3) is 0.167. The van der Waals surface area contributed by atoms with Crippen LogP contribution in [0.15, 0.2) is 33.8 Å². The van der Waals surface area contributed by atoms with E-state index in [1.54, 1.807) is 6.92 Å². The van der Waals surface area contributed by atoms with Gasteiger partial charge in [0.1, 0.15) is 4.47 Å². The summed E-state index contributed by atoms with van der Waals surface area (Å²) >= 11 is 3.10. The molecule has 0 bridgehead atoms. The summed E-state index contributed by atoms with van der Waals surface area (Å²) in [7, 11) is 0. The van der Waals surface area contributed by atoms with Crippen LogP contribution in [0.1, 0.15) is 11.3 Å². The Morgan fingerprint density at radius 2 is 2.20 bits per heavy atom. The lowest BCUT2D eigenvalue weighted by Crippen LogP contribution is -2.23. The summed E-state index contributed by atoms with van der Waals surface area (Å²) in [5.41, 5.74) is -0.414. The van der Waals surface area contributed by atoms with Gasteiger partial charge in [-0.05, 0) is 22.9 Å². The molecule has 0 N–H and O–H groups in total. The third-order valence-corrected chi connectivity index (χ3v) is 3.67. The Bertz CT molecular complexity index is 745. The second-order valence-corrected chi connectivity index (χ2v) is 4.88. The topological polar surface area (TPSA) is 78.0 Å². The summed E-state index contributed by atoms with van der Waals surface area (Å²) < 4.78 is 15.4. The highest BCUT2D eigenvalue weighted by atomic mass is 79.9. The van der Waals surface area contributed by atoms with E-state index in [9.17, 15) is 19.3 Å². The molecular formula is C12H9BrFN3O3. The fourth-order valence-corrected chi connectivity index (χ4v) is 2.00. The van der Waals surface area contributed by atoms with Crippen LogP contribution in [0.25, 0.3) is 0 Å². The van der Waals surface area contributed by atoms with Crippen molar-refractivity contribution in [3.63, 3.8) is 0 Å². The van der Waals surface area contributed by atoms with Crippen LogP contribution >= 0.6 is 15.9 Å². The first kappa shape index (κ1) is 14.3. The van der Waals surface area contributed by atoms with Gasteiger partial charge in [0.05, 0.1) is 23.5 Å². The number of halogens is 2. The molecule has 1 aromatic heterocycles. The van der Waals surface area contributed by atoms with Crippen LogP contribution in [0.2, 0.25) is 0 Å². The molecule has 0 unspecified atom stereocenters. The van der Waals surface area contributed by atoms with Crippen molar-refractivity contribution in [3.05, 3.63) is 66.5 Å². The van der Waals surface area contributed by atoms with Crippen LogP contribution in [0.5, 0.6) is 0 Å². The molecule has 0 spiro atoms. The van der Waals surface area contributed by atoms with Crippen LogP contribution in [0.4, 0.5) is 10.1 Å². The van der Waals surface area contributed by atoms with Gasteiger partial charge in [0.15, 0.2) is 0 Å². The molecule has 0 fully saturated rings. The fourth-order valence-electron chi connectivity index (χ4n) is 1.67. The highest BCUT2D eigenvalue weighted by Gasteiger charge is 2.18. The molecule has 2 aromatic rings. The highest BCUT2D eigenvalue weighted by molar-refractivity contribution is 9.10. The van der Waals surface area contributed by atoms with Gasteiger partial charge >= 0.3 is 5.69 Å². The summed E-state index contributed by atoms with van der Waals surface area (Å²) in [6.45, 7) is 1.53. The van der Waals surface area contributed by atoms with Crippen molar-refractivity contribution >= 4 is 21.6 Å². The van der Waals surface area contributed by atoms with E-state index in [1.165, 1.54) is 23.0 Å². The number of rotatable bonds is 3. The van der Waals surface area contributed by atoms with Gasteiger partial charge in [-0.15, -0.1) is 0 Å². The molecule has 0 saturated carbocycles. The van der Waals surface area contributed by atoms with Gasteiger partial charge in [0, 0.05) is 11.6 Å². The number of hydrogen-bond acceptors (Lipinski definition) is 4. The van der Waals surface area contributed by atoms with Crippen molar-refractivity contribution in [3.8, 4) is 0 Å². The van der Waals surface area contributed by atoms with Gasteiger partial charge in [0.2, 0.25) is 5.82 Å². The number of nitro benzene ring substituents is 1. The van der Waals surface area contributed by atoms with Crippen molar-refractivity contribution in [1.29, 1.82) is 0 Å². The number of aromatic nitrogens is 2. The van der Waals surface area contributed by atoms with E-state index < -0.39 is 16.4 Å². The predicted molar refractivity (Wildman–Crippen MR) is 73.1 cm³/mol. The van der Waals surface area contributed by atoms with Crippen molar-refractivity contribution in [2.75, 3.05) is 0 Å². The second kappa shape index (κ2) is 5.49. The van der Waals surface area contributed by atoms with Crippen molar-refractivity contribution in [1.82, 2.24) is 9.55 Å². The number of nitrogens with zero attached hydrogens (tertiary/aromatic N) is 3. The molecule has 0 aliphatic carbocycles. The number of hydrogen-bond donors (Lipinski definition) is 0. The van der Waals surface area contributed by atoms with E-state index >= 15 is 0 Å². The predicted octanol–water partition coefficient (Wildman–Crippen LogP) is 2.41. The third kappa shape index (κ3) is 2.60. The maximum atomic E-state index is 13.9. The SMILES string of the molecule is Cc1ncn(Cc2cccc([N+](=O)[O-])c2F)c(=O)c1Br. The molecule has 2 rings (SSSR count). The Balaban J connectivity index is 2.46. The van der Waals surface area contributed by atoms with Crippen LogP contribution in [0.3, 0.4) is 0 Å². The molecule has 0 aliphatic rings. The zero-order chi connectivity index (χ0) is 14.9. The summed E-state index contributed by atoms with van der Waals surface area (Å²) in [5, 5.41) is 10.7. The molecule has 1 aromatic carbocycles. The first-order valence-corrected chi connectivity index (χ1v) is 6.34. The first-order valence-electron chi connectivity index (χ1n) is 5.55.